The molecule has 0 nitrogen and oxygen atoms in total. The highest BCUT2D eigenvalue weighted by Crippen LogP contribution is 2.33. The Balaban J connectivity index is 3.91. The second-order valence-electron chi connectivity index (χ2n) is 4.70. The number of allylic oxidation sites excluding steroid dienone is 1. The highest BCUT2D eigenvalue weighted by Gasteiger charge is 2.19. The number of hydrogen-bond acceptors (Lipinski definition) is 0. The van der Waals surface area contributed by atoms with Gasteiger partial charge >= 0.3 is 0 Å². The minimum atomic E-state index is 0.147. The quantitative estimate of drug-likeness (QED) is 0.574. The van der Waals surface area contributed by atoms with Crippen LogP contribution in [-0.2, 0) is 0 Å². The van der Waals surface area contributed by atoms with Crippen LogP contribution in [-0.4, -0.2) is 13.3 Å². The second-order valence-corrected chi connectivity index (χ2v) is 6.92. The van der Waals surface area contributed by atoms with Gasteiger partial charge in [0.2, 0.25) is 0 Å². The molecular weight excluding hydrogens is 163 g/mol. The second kappa shape index (κ2) is 5.02. The normalized spacial score (nSPS) is 13.7. The average molecular weight is 186 g/mol. The van der Waals surface area contributed by atoms with Gasteiger partial charge in [-0.25, -0.2) is 0 Å². The van der Waals surface area contributed by atoms with E-state index in [2.05, 4.69) is 52.9 Å². The molecule has 0 heterocycles. The van der Waals surface area contributed by atoms with Crippen molar-refractivity contribution < 1.29 is 0 Å². The zero-order chi connectivity index (χ0) is 9.78. The van der Waals surface area contributed by atoms with Crippen LogP contribution in [0.5, 0.6) is 0 Å². The van der Waals surface area contributed by atoms with E-state index < -0.39 is 0 Å². The van der Waals surface area contributed by atoms with Crippen molar-refractivity contribution in [2.45, 2.75) is 34.1 Å². The molecule has 0 amide bonds. The zero-order valence-corrected chi connectivity index (χ0v) is 10.3. The van der Waals surface area contributed by atoms with E-state index in [9.17, 15) is 0 Å². The van der Waals surface area contributed by atoms with Crippen molar-refractivity contribution in [3.8, 4) is 0 Å². The van der Waals surface area contributed by atoms with Crippen molar-refractivity contribution in [3.63, 3.8) is 0 Å². The van der Waals surface area contributed by atoms with Crippen molar-refractivity contribution in [1.29, 1.82) is 0 Å². The summed E-state index contributed by atoms with van der Waals surface area (Å²) >= 11 is 0. The molecule has 0 aromatic heterocycles. The molecule has 72 valence electrons. The Morgan fingerprint density at radius 2 is 1.75 bits per heavy atom. The Morgan fingerprint density at radius 3 is 2.08 bits per heavy atom. The van der Waals surface area contributed by atoms with E-state index in [0.29, 0.717) is 5.41 Å². The molecule has 0 saturated carbocycles. The molecule has 0 aliphatic heterocycles. The van der Waals surface area contributed by atoms with Crippen molar-refractivity contribution >= 4 is 7.92 Å². The molecular formula is C11H23P. The van der Waals surface area contributed by atoms with Gasteiger partial charge in [0.1, 0.15) is 0 Å². The standard InChI is InChI=1S/C11H23P/c1-10(2)11(3,4)8-7-9-12(5)6/h7,9-10H,8H2,1-6H3/b9-7-. The molecule has 0 rings (SSSR count). The summed E-state index contributed by atoms with van der Waals surface area (Å²) in [5, 5.41) is 0. The van der Waals surface area contributed by atoms with E-state index in [1.54, 1.807) is 0 Å². The first-order chi connectivity index (χ1) is 5.36. The average Bonchev–Trinajstić information content (AvgIpc) is 1.85. The summed E-state index contributed by atoms with van der Waals surface area (Å²) in [5.74, 6) is 3.13. The first kappa shape index (κ1) is 12.2. The lowest BCUT2D eigenvalue weighted by Gasteiger charge is -2.27. The Bertz CT molecular complexity index is 143. The molecule has 0 N–H and O–H groups in total. The van der Waals surface area contributed by atoms with Gasteiger partial charge in [0, 0.05) is 0 Å². The Hall–Kier alpha value is 0.170. The van der Waals surface area contributed by atoms with Crippen molar-refractivity contribution in [2.24, 2.45) is 11.3 Å². The van der Waals surface area contributed by atoms with E-state index >= 15 is 0 Å². The van der Waals surface area contributed by atoms with Crippen LogP contribution in [0.15, 0.2) is 11.9 Å². The lowest BCUT2D eigenvalue weighted by atomic mass is 9.78. The fraction of sp³-hybridized carbons (Fsp3) is 0.818. The van der Waals surface area contributed by atoms with Crippen molar-refractivity contribution in [1.82, 2.24) is 0 Å². The first-order valence-electron chi connectivity index (χ1n) is 4.69. The van der Waals surface area contributed by atoms with E-state index in [-0.39, 0.29) is 7.92 Å². The minimum absolute atomic E-state index is 0.147. The Morgan fingerprint density at radius 1 is 1.25 bits per heavy atom. The molecule has 0 aliphatic rings. The van der Waals surface area contributed by atoms with Crippen LogP contribution in [0.3, 0.4) is 0 Å². The number of rotatable bonds is 4. The fourth-order valence-corrected chi connectivity index (χ4v) is 1.33. The van der Waals surface area contributed by atoms with Gasteiger partial charge in [-0.2, -0.15) is 0 Å². The fourth-order valence-electron chi connectivity index (χ4n) is 0.803. The van der Waals surface area contributed by atoms with Crippen LogP contribution in [0.1, 0.15) is 34.1 Å². The highest BCUT2D eigenvalue weighted by atomic mass is 31.1. The molecule has 0 bridgehead atoms. The molecule has 0 radical (unpaired) electrons. The van der Waals surface area contributed by atoms with Crippen LogP contribution < -0.4 is 0 Å². The maximum absolute atomic E-state index is 2.36. The van der Waals surface area contributed by atoms with Crippen LogP contribution in [0, 0.1) is 11.3 Å². The molecule has 0 aliphatic carbocycles. The summed E-state index contributed by atoms with van der Waals surface area (Å²) in [4.78, 5) is 0. The maximum Gasteiger partial charge on any atom is -0.0293 e. The van der Waals surface area contributed by atoms with Crippen molar-refractivity contribution in [3.05, 3.63) is 11.9 Å². The Kier molecular flexibility index (Phi) is 5.09. The molecule has 1 heteroatoms. The highest BCUT2D eigenvalue weighted by molar-refractivity contribution is 7.59. The summed E-state index contributed by atoms with van der Waals surface area (Å²) in [6.45, 7) is 13.9. The number of hydrogen-bond donors (Lipinski definition) is 0. The summed E-state index contributed by atoms with van der Waals surface area (Å²) in [6.07, 6.45) is 3.57. The molecule has 0 unspecified atom stereocenters. The van der Waals surface area contributed by atoms with Gasteiger partial charge in [-0.15, -0.1) is 0 Å². The van der Waals surface area contributed by atoms with Crippen LogP contribution >= 0.6 is 7.92 Å². The molecule has 0 spiro atoms. The molecule has 12 heavy (non-hydrogen) atoms. The zero-order valence-electron chi connectivity index (χ0n) is 9.39. The van der Waals surface area contributed by atoms with E-state index in [4.69, 9.17) is 0 Å². The van der Waals surface area contributed by atoms with Gasteiger partial charge in [0.15, 0.2) is 0 Å². The van der Waals surface area contributed by atoms with Gasteiger partial charge in [0.05, 0.1) is 0 Å². The van der Waals surface area contributed by atoms with Gasteiger partial charge < -0.3 is 0 Å². The van der Waals surface area contributed by atoms with Crippen LogP contribution in [0.4, 0.5) is 0 Å². The predicted octanol–water partition coefficient (Wildman–Crippen LogP) is 4.31. The largest absolute Gasteiger partial charge is 0.0900 e. The predicted molar refractivity (Wildman–Crippen MR) is 61.1 cm³/mol. The van der Waals surface area contributed by atoms with Gasteiger partial charge in [-0.3, -0.25) is 0 Å². The molecule has 0 aromatic carbocycles. The lowest BCUT2D eigenvalue weighted by molar-refractivity contribution is 0.253. The smallest absolute Gasteiger partial charge is 0.0293 e. The summed E-state index contributed by atoms with van der Waals surface area (Å²) < 4.78 is 0. The third kappa shape index (κ3) is 4.93. The third-order valence-corrected chi connectivity index (χ3v) is 3.42. The monoisotopic (exact) mass is 186 g/mol. The topological polar surface area (TPSA) is 0 Å². The van der Waals surface area contributed by atoms with Gasteiger partial charge in [-0.05, 0) is 31.1 Å². The Labute approximate surface area is 79.2 Å². The molecule has 0 atom stereocenters. The molecule has 0 saturated heterocycles. The summed E-state index contributed by atoms with van der Waals surface area (Å²) in [6, 6.07) is 0. The van der Waals surface area contributed by atoms with E-state index in [1.807, 2.05) is 0 Å². The van der Waals surface area contributed by atoms with Gasteiger partial charge in [-0.1, -0.05) is 47.5 Å². The SMILES string of the molecule is CC(C)C(C)(C)C/C=C\P(C)C. The van der Waals surface area contributed by atoms with Crippen LogP contribution in [0.2, 0.25) is 0 Å². The third-order valence-electron chi connectivity index (χ3n) is 2.61. The van der Waals surface area contributed by atoms with E-state index in [0.717, 1.165) is 5.92 Å². The molecule has 0 fully saturated rings. The van der Waals surface area contributed by atoms with Crippen LogP contribution in [0.25, 0.3) is 0 Å². The first-order valence-corrected chi connectivity index (χ1v) is 7.00. The maximum atomic E-state index is 2.36. The van der Waals surface area contributed by atoms with Gasteiger partial charge in [0.25, 0.3) is 0 Å². The molecule has 0 aromatic rings. The van der Waals surface area contributed by atoms with Crippen molar-refractivity contribution in [2.75, 3.05) is 13.3 Å². The van der Waals surface area contributed by atoms with E-state index in [1.165, 1.54) is 6.42 Å². The lowest BCUT2D eigenvalue weighted by Crippen LogP contribution is -2.17. The minimum Gasteiger partial charge on any atom is -0.0900 e. The summed E-state index contributed by atoms with van der Waals surface area (Å²) in [5.41, 5.74) is 0.460. The summed E-state index contributed by atoms with van der Waals surface area (Å²) in [7, 11) is 0.147.